The summed E-state index contributed by atoms with van der Waals surface area (Å²) in [7, 11) is 1.92. The summed E-state index contributed by atoms with van der Waals surface area (Å²) in [6, 6.07) is 9.66. The summed E-state index contributed by atoms with van der Waals surface area (Å²) < 4.78 is 0. The molecule has 0 amide bonds. The second-order valence-electron chi connectivity index (χ2n) is 4.09. The zero-order valence-electron chi connectivity index (χ0n) is 10.8. The maximum atomic E-state index is 11.5. The van der Waals surface area contributed by atoms with E-state index in [9.17, 15) is 9.90 Å². The van der Waals surface area contributed by atoms with E-state index in [4.69, 9.17) is 0 Å². The van der Waals surface area contributed by atoms with Crippen molar-refractivity contribution in [1.29, 1.82) is 0 Å². The summed E-state index contributed by atoms with van der Waals surface area (Å²) in [5, 5.41) is 11.4. The van der Waals surface area contributed by atoms with Crippen LogP contribution in [0.2, 0.25) is 0 Å². The Kier molecular flexibility index (Phi) is 4.50. The minimum absolute atomic E-state index is 0.383. The number of nitrogens with zero attached hydrogens (tertiary/aromatic N) is 1. The Balaban J connectivity index is 2.35. The van der Waals surface area contributed by atoms with Gasteiger partial charge >= 0.3 is 5.97 Å². The molecule has 0 bridgehead atoms. The fraction of sp³-hybridized carbons (Fsp3) is 0.214. The third-order valence-corrected chi connectivity index (χ3v) is 4.46. The highest BCUT2D eigenvalue weighted by Gasteiger charge is 2.17. The number of hydrogen-bond acceptors (Lipinski definition) is 4. The van der Waals surface area contributed by atoms with Gasteiger partial charge in [0.25, 0.3) is 0 Å². The standard InChI is InChI=1S/C14H15NO2S2/c1-15(9-10-5-4-8-19-10)11-6-3-7-12(18-2)13(11)14(16)17/h3-8H,9H2,1-2H3,(H,16,17). The van der Waals surface area contributed by atoms with Crippen LogP contribution in [0.25, 0.3) is 0 Å². The van der Waals surface area contributed by atoms with Gasteiger partial charge in [0.15, 0.2) is 0 Å². The fourth-order valence-electron chi connectivity index (χ4n) is 1.94. The molecule has 1 heterocycles. The number of aromatic carboxylic acids is 1. The molecule has 5 heteroatoms. The van der Waals surface area contributed by atoms with Gasteiger partial charge in [-0.25, -0.2) is 4.79 Å². The molecule has 0 aliphatic carbocycles. The average Bonchev–Trinajstić information content (AvgIpc) is 2.90. The summed E-state index contributed by atoms with van der Waals surface area (Å²) in [5.41, 5.74) is 1.14. The van der Waals surface area contributed by atoms with Crippen molar-refractivity contribution in [2.75, 3.05) is 18.2 Å². The van der Waals surface area contributed by atoms with E-state index in [1.807, 2.05) is 47.8 Å². The Morgan fingerprint density at radius 3 is 2.74 bits per heavy atom. The van der Waals surface area contributed by atoms with Crippen molar-refractivity contribution in [3.63, 3.8) is 0 Å². The van der Waals surface area contributed by atoms with E-state index >= 15 is 0 Å². The number of hydrogen-bond donors (Lipinski definition) is 1. The van der Waals surface area contributed by atoms with Crippen LogP contribution in [0.5, 0.6) is 0 Å². The molecule has 2 aromatic rings. The molecule has 0 radical (unpaired) electrons. The normalized spacial score (nSPS) is 10.4. The Labute approximate surface area is 120 Å². The second kappa shape index (κ2) is 6.12. The van der Waals surface area contributed by atoms with Crippen molar-refractivity contribution >= 4 is 34.8 Å². The minimum Gasteiger partial charge on any atom is -0.478 e. The first kappa shape index (κ1) is 14.0. The van der Waals surface area contributed by atoms with E-state index in [0.29, 0.717) is 5.56 Å². The average molecular weight is 293 g/mol. The summed E-state index contributed by atoms with van der Waals surface area (Å²) >= 11 is 3.13. The van der Waals surface area contributed by atoms with Crippen LogP contribution in [-0.4, -0.2) is 24.4 Å². The highest BCUT2D eigenvalue weighted by atomic mass is 32.2. The van der Waals surface area contributed by atoms with Gasteiger partial charge in [0.2, 0.25) is 0 Å². The smallest absolute Gasteiger partial charge is 0.338 e. The molecular formula is C14H15NO2S2. The van der Waals surface area contributed by atoms with E-state index in [-0.39, 0.29) is 0 Å². The SMILES string of the molecule is CSc1cccc(N(C)Cc2cccs2)c1C(=O)O. The summed E-state index contributed by atoms with van der Waals surface area (Å²) in [4.78, 5) is 15.5. The van der Waals surface area contributed by atoms with Crippen molar-refractivity contribution in [1.82, 2.24) is 0 Å². The van der Waals surface area contributed by atoms with Crippen LogP contribution in [0.1, 0.15) is 15.2 Å². The molecule has 0 saturated heterocycles. The number of carboxylic acids is 1. The lowest BCUT2D eigenvalue weighted by molar-refractivity contribution is 0.0694. The van der Waals surface area contributed by atoms with Crippen LogP contribution in [-0.2, 0) is 6.54 Å². The largest absolute Gasteiger partial charge is 0.478 e. The highest BCUT2D eigenvalue weighted by molar-refractivity contribution is 7.98. The van der Waals surface area contributed by atoms with Crippen molar-refractivity contribution in [2.24, 2.45) is 0 Å². The number of thioether (sulfide) groups is 1. The predicted octanol–water partition coefficient (Wildman–Crippen LogP) is 3.80. The molecule has 2 rings (SSSR count). The molecular weight excluding hydrogens is 278 g/mol. The van der Waals surface area contributed by atoms with Gasteiger partial charge in [-0.3, -0.25) is 0 Å². The lowest BCUT2D eigenvalue weighted by Crippen LogP contribution is -2.19. The van der Waals surface area contributed by atoms with Gasteiger partial charge in [0.05, 0.1) is 17.8 Å². The maximum absolute atomic E-state index is 11.5. The van der Waals surface area contributed by atoms with Gasteiger partial charge in [0.1, 0.15) is 0 Å². The molecule has 100 valence electrons. The van der Waals surface area contributed by atoms with E-state index in [2.05, 4.69) is 6.07 Å². The molecule has 0 spiro atoms. The molecule has 0 fully saturated rings. The Hall–Kier alpha value is -1.46. The summed E-state index contributed by atoms with van der Waals surface area (Å²) in [6.45, 7) is 0.718. The molecule has 1 aromatic heterocycles. The predicted molar refractivity (Wildman–Crippen MR) is 81.6 cm³/mol. The van der Waals surface area contributed by atoms with Crippen LogP contribution in [0.4, 0.5) is 5.69 Å². The van der Waals surface area contributed by atoms with Crippen molar-refractivity contribution in [3.8, 4) is 0 Å². The van der Waals surface area contributed by atoms with Gasteiger partial charge in [-0.2, -0.15) is 0 Å². The van der Waals surface area contributed by atoms with E-state index in [0.717, 1.165) is 17.1 Å². The number of anilines is 1. The van der Waals surface area contributed by atoms with E-state index in [1.165, 1.54) is 16.6 Å². The molecule has 3 nitrogen and oxygen atoms in total. The molecule has 1 N–H and O–H groups in total. The zero-order valence-corrected chi connectivity index (χ0v) is 12.4. The van der Waals surface area contributed by atoms with Crippen LogP contribution in [0, 0.1) is 0 Å². The number of thiophene rings is 1. The highest BCUT2D eigenvalue weighted by Crippen LogP contribution is 2.30. The molecule has 0 unspecified atom stereocenters. The summed E-state index contributed by atoms with van der Waals surface area (Å²) in [5.74, 6) is -0.877. The molecule has 0 aliphatic heterocycles. The molecule has 0 saturated carbocycles. The van der Waals surface area contributed by atoms with Gasteiger partial charge in [-0.15, -0.1) is 23.1 Å². The third-order valence-electron chi connectivity index (χ3n) is 2.82. The van der Waals surface area contributed by atoms with Crippen molar-refractivity contribution < 1.29 is 9.90 Å². The quantitative estimate of drug-likeness (QED) is 0.851. The van der Waals surface area contributed by atoms with E-state index < -0.39 is 5.97 Å². The number of rotatable bonds is 5. The zero-order chi connectivity index (χ0) is 13.8. The first-order valence-corrected chi connectivity index (χ1v) is 7.87. The van der Waals surface area contributed by atoms with Crippen LogP contribution >= 0.6 is 23.1 Å². The number of carbonyl (C=O) groups is 1. The number of carboxylic acid groups (broad SMARTS) is 1. The monoisotopic (exact) mass is 293 g/mol. The van der Waals surface area contributed by atoms with Crippen LogP contribution in [0.15, 0.2) is 40.6 Å². The molecule has 1 aromatic carbocycles. The molecule has 19 heavy (non-hydrogen) atoms. The topological polar surface area (TPSA) is 40.5 Å². The Morgan fingerprint density at radius 1 is 1.37 bits per heavy atom. The molecule has 0 aliphatic rings. The van der Waals surface area contributed by atoms with Crippen molar-refractivity contribution in [2.45, 2.75) is 11.4 Å². The summed E-state index contributed by atoms with van der Waals surface area (Å²) in [6.07, 6.45) is 1.89. The third kappa shape index (κ3) is 3.11. The lowest BCUT2D eigenvalue weighted by atomic mass is 10.1. The van der Waals surface area contributed by atoms with Crippen molar-refractivity contribution in [3.05, 3.63) is 46.2 Å². The maximum Gasteiger partial charge on any atom is 0.338 e. The Morgan fingerprint density at radius 2 is 2.16 bits per heavy atom. The lowest BCUT2D eigenvalue weighted by Gasteiger charge is -2.21. The first-order valence-electron chi connectivity index (χ1n) is 5.77. The van der Waals surface area contributed by atoms with Crippen LogP contribution in [0.3, 0.4) is 0 Å². The second-order valence-corrected chi connectivity index (χ2v) is 5.98. The number of benzene rings is 1. The van der Waals surface area contributed by atoms with Gasteiger partial charge in [0, 0.05) is 16.8 Å². The van der Waals surface area contributed by atoms with Gasteiger partial charge < -0.3 is 10.0 Å². The minimum atomic E-state index is -0.877. The van der Waals surface area contributed by atoms with Crippen LogP contribution < -0.4 is 4.90 Å². The fourth-order valence-corrected chi connectivity index (χ4v) is 3.31. The van der Waals surface area contributed by atoms with E-state index in [1.54, 1.807) is 11.3 Å². The first-order chi connectivity index (χ1) is 9.13. The van der Waals surface area contributed by atoms with Gasteiger partial charge in [-0.05, 0) is 29.8 Å². The molecule has 0 atom stereocenters. The Bertz CT molecular complexity index is 567. The van der Waals surface area contributed by atoms with Gasteiger partial charge in [-0.1, -0.05) is 12.1 Å².